The lowest BCUT2D eigenvalue weighted by molar-refractivity contribution is 0.0267. The highest BCUT2D eigenvalue weighted by Crippen LogP contribution is 2.41. The minimum atomic E-state index is -1.35. The lowest BCUT2D eigenvalue weighted by Gasteiger charge is -2.27. The largest absolute Gasteiger partial charge is 0.465 e. The smallest absolute Gasteiger partial charge is 0.419 e. The molecule has 0 radical (unpaired) electrons. The van der Waals surface area contributed by atoms with Crippen LogP contribution in [0.4, 0.5) is 26.7 Å². The third kappa shape index (κ3) is 5.57. The molecule has 0 spiro atoms. The van der Waals surface area contributed by atoms with Crippen LogP contribution in [-0.4, -0.2) is 53.8 Å². The predicted molar refractivity (Wildman–Crippen MR) is 128 cm³/mol. The Morgan fingerprint density at radius 2 is 1.73 bits per heavy atom. The molecule has 2 aromatic carbocycles. The highest BCUT2D eigenvalue weighted by Gasteiger charge is 2.30. The summed E-state index contributed by atoms with van der Waals surface area (Å²) in [5, 5.41) is 9.94. The van der Waals surface area contributed by atoms with Gasteiger partial charge in [-0.15, -0.1) is 0 Å². The normalized spacial score (nSPS) is 13.2. The van der Waals surface area contributed by atoms with Crippen LogP contribution in [0.1, 0.15) is 44.0 Å². The minimum Gasteiger partial charge on any atom is -0.465 e. The average Bonchev–Trinajstić information content (AvgIpc) is 2.81. The summed E-state index contributed by atoms with van der Waals surface area (Å²) < 4.78 is 5.19. The van der Waals surface area contributed by atoms with Crippen LogP contribution >= 0.6 is 11.6 Å². The van der Waals surface area contributed by atoms with Gasteiger partial charge in [0, 0.05) is 25.2 Å². The number of halogens is 1. The third-order valence-corrected chi connectivity index (χ3v) is 5.41. The van der Waals surface area contributed by atoms with E-state index in [-0.39, 0.29) is 12.5 Å². The summed E-state index contributed by atoms with van der Waals surface area (Å²) in [6.07, 6.45) is -1.26. The van der Waals surface area contributed by atoms with E-state index in [2.05, 4.69) is 0 Å². The number of ether oxygens (including phenoxy) is 1. The second kappa shape index (κ2) is 9.70. The van der Waals surface area contributed by atoms with Crippen molar-refractivity contribution in [3.05, 3.63) is 53.1 Å². The number of rotatable bonds is 5. The number of fused-ring (bicyclic) bond motifs is 2. The molecule has 0 saturated carbocycles. The molecule has 0 bridgehead atoms. The van der Waals surface area contributed by atoms with Crippen LogP contribution in [0.15, 0.2) is 42.5 Å². The van der Waals surface area contributed by atoms with Crippen LogP contribution in [0.2, 0.25) is 5.02 Å². The highest BCUT2D eigenvalue weighted by atomic mass is 35.5. The van der Waals surface area contributed by atoms with Gasteiger partial charge < -0.3 is 19.6 Å². The zero-order valence-electron chi connectivity index (χ0n) is 19.2. The number of carbonyl (C=O) groups is 3. The van der Waals surface area contributed by atoms with Crippen LogP contribution in [-0.2, 0) is 4.74 Å². The second-order valence-corrected chi connectivity index (χ2v) is 9.22. The number of nitrogens with zero attached hydrogens (tertiary/aromatic N) is 3. The van der Waals surface area contributed by atoms with Gasteiger partial charge in [0.25, 0.3) is 5.91 Å². The summed E-state index contributed by atoms with van der Waals surface area (Å²) in [4.78, 5) is 41.2. The Labute approximate surface area is 198 Å². The predicted octanol–water partition coefficient (Wildman–Crippen LogP) is 5.76. The van der Waals surface area contributed by atoms with E-state index in [0.29, 0.717) is 40.6 Å². The van der Waals surface area contributed by atoms with Gasteiger partial charge in [0.15, 0.2) is 0 Å². The minimum absolute atomic E-state index is 0.000962. The molecule has 1 aliphatic rings. The first-order chi connectivity index (χ1) is 15.5. The van der Waals surface area contributed by atoms with Crippen molar-refractivity contribution in [2.75, 3.05) is 29.9 Å². The summed E-state index contributed by atoms with van der Waals surface area (Å²) in [6.45, 7) is 5.54. The standard InChI is InChI=1S/C24H28ClN3O5/c1-24(2,3)33-23(32)28(22(30)31)14-8-7-13-27-19-10-6-5-9-18(19)26(4)21(29)17-12-11-16(25)15-20(17)27/h5-6,9-12,15H,7-8,13-14H2,1-4H3,(H,30,31). The SMILES string of the molecule is CN1C(=O)c2ccc(Cl)cc2N(CCCCN(C(=O)O)C(=O)OC(C)(C)C)c2ccccc21. The summed E-state index contributed by atoms with van der Waals surface area (Å²) in [6, 6.07) is 12.7. The molecule has 176 valence electrons. The fraction of sp³-hybridized carbons (Fsp3) is 0.375. The molecular weight excluding hydrogens is 446 g/mol. The number of imide groups is 1. The maximum absolute atomic E-state index is 13.1. The molecule has 3 rings (SSSR count). The Morgan fingerprint density at radius 3 is 2.36 bits per heavy atom. The quantitative estimate of drug-likeness (QED) is 0.555. The van der Waals surface area contributed by atoms with E-state index in [1.54, 1.807) is 50.9 Å². The molecule has 0 aromatic heterocycles. The molecule has 1 heterocycles. The molecule has 1 aliphatic heterocycles. The molecule has 9 heteroatoms. The maximum atomic E-state index is 13.1. The van der Waals surface area contributed by atoms with Crippen molar-refractivity contribution in [3.63, 3.8) is 0 Å². The van der Waals surface area contributed by atoms with Gasteiger partial charge in [0.05, 0.1) is 22.6 Å². The van der Waals surface area contributed by atoms with Crippen molar-refractivity contribution in [2.24, 2.45) is 0 Å². The van der Waals surface area contributed by atoms with E-state index in [9.17, 15) is 19.5 Å². The van der Waals surface area contributed by atoms with Gasteiger partial charge in [0.1, 0.15) is 5.60 Å². The van der Waals surface area contributed by atoms with Crippen LogP contribution < -0.4 is 9.80 Å². The number of benzene rings is 2. The van der Waals surface area contributed by atoms with Crippen molar-refractivity contribution >= 4 is 46.8 Å². The molecule has 2 aromatic rings. The molecule has 8 nitrogen and oxygen atoms in total. The molecule has 1 N–H and O–H groups in total. The van der Waals surface area contributed by atoms with Crippen LogP contribution in [0, 0.1) is 0 Å². The number of carboxylic acid groups (broad SMARTS) is 1. The van der Waals surface area contributed by atoms with Gasteiger partial charge in [-0.3, -0.25) is 4.79 Å². The molecule has 3 amide bonds. The van der Waals surface area contributed by atoms with Crippen molar-refractivity contribution in [1.29, 1.82) is 0 Å². The van der Waals surface area contributed by atoms with E-state index < -0.39 is 17.8 Å². The number of anilines is 3. The fourth-order valence-corrected chi connectivity index (χ4v) is 3.83. The summed E-state index contributed by atoms with van der Waals surface area (Å²) in [7, 11) is 1.73. The van der Waals surface area contributed by atoms with Crippen LogP contribution in [0.25, 0.3) is 0 Å². The van der Waals surface area contributed by atoms with Gasteiger partial charge >= 0.3 is 12.2 Å². The lowest BCUT2D eigenvalue weighted by atomic mass is 10.1. The number of carbonyl (C=O) groups excluding carboxylic acids is 2. The van der Waals surface area contributed by atoms with Gasteiger partial charge in [-0.25, -0.2) is 14.5 Å². The number of amides is 3. The van der Waals surface area contributed by atoms with Crippen molar-refractivity contribution in [1.82, 2.24) is 4.90 Å². The van der Waals surface area contributed by atoms with E-state index in [0.717, 1.165) is 11.4 Å². The second-order valence-electron chi connectivity index (χ2n) is 8.79. The Hall–Kier alpha value is -3.26. The first-order valence-corrected chi connectivity index (χ1v) is 11.0. The zero-order valence-corrected chi connectivity index (χ0v) is 19.9. The molecule has 0 unspecified atom stereocenters. The molecule has 0 aliphatic carbocycles. The lowest BCUT2D eigenvalue weighted by Crippen LogP contribution is -2.40. The summed E-state index contributed by atoms with van der Waals surface area (Å²) >= 11 is 6.26. The first kappa shape index (κ1) is 24.4. The monoisotopic (exact) mass is 473 g/mol. The van der Waals surface area contributed by atoms with Crippen molar-refractivity contribution in [2.45, 2.75) is 39.2 Å². The van der Waals surface area contributed by atoms with Crippen molar-refractivity contribution < 1.29 is 24.2 Å². The topological polar surface area (TPSA) is 90.4 Å². The Bertz CT molecular complexity index is 1070. The molecule has 0 fully saturated rings. The maximum Gasteiger partial charge on any atom is 0.419 e. The van der Waals surface area contributed by atoms with Gasteiger partial charge in [-0.2, -0.15) is 0 Å². The third-order valence-electron chi connectivity index (χ3n) is 5.18. The van der Waals surface area contributed by atoms with Crippen LogP contribution in [0.5, 0.6) is 0 Å². The zero-order chi connectivity index (χ0) is 24.3. The van der Waals surface area contributed by atoms with E-state index in [4.69, 9.17) is 16.3 Å². The Kier molecular flexibility index (Phi) is 7.17. The molecular formula is C24H28ClN3O5. The van der Waals surface area contributed by atoms with E-state index >= 15 is 0 Å². The Balaban J connectivity index is 1.81. The van der Waals surface area contributed by atoms with Crippen molar-refractivity contribution in [3.8, 4) is 0 Å². The average molecular weight is 474 g/mol. The van der Waals surface area contributed by atoms with E-state index in [1.807, 2.05) is 29.2 Å². The number of para-hydroxylation sites is 2. The summed E-state index contributed by atoms with van der Waals surface area (Å²) in [5.41, 5.74) is 2.03. The molecule has 33 heavy (non-hydrogen) atoms. The van der Waals surface area contributed by atoms with Gasteiger partial charge in [-0.05, 0) is 63.9 Å². The highest BCUT2D eigenvalue weighted by molar-refractivity contribution is 6.31. The molecule has 0 saturated heterocycles. The Morgan fingerprint density at radius 1 is 1.06 bits per heavy atom. The number of hydrogen-bond acceptors (Lipinski definition) is 5. The number of hydrogen-bond donors (Lipinski definition) is 1. The number of unbranched alkanes of at least 4 members (excludes halogenated alkanes) is 1. The first-order valence-electron chi connectivity index (χ1n) is 10.7. The molecule has 0 atom stereocenters. The fourth-order valence-electron chi connectivity index (χ4n) is 3.67. The van der Waals surface area contributed by atoms with E-state index in [1.165, 1.54) is 0 Å². The van der Waals surface area contributed by atoms with Gasteiger partial charge in [-0.1, -0.05) is 23.7 Å². The van der Waals surface area contributed by atoms with Crippen LogP contribution in [0.3, 0.4) is 0 Å². The van der Waals surface area contributed by atoms with Gasteiger partial charge in [0.2, 0.25) is 0 Å². The summed E-state index contributed by atoms with van der Waals surface area (Å²) in [5.74, 6) is -0.140.